The van der Waals surface area contributed by atoms with Crippen LogP contribution in [0.5, 0.6) is 5.75 Å². The first-order chi connectivity index (χ1) is 8.84. The van der Waals surface area contributed by atoms with Gasteiger partial charge in [-0.25, -0.2) is 0 Å². The number of aromatic nitrogens is 1. The maximum atomic E-state index is 9.82. The molecule has 0 amide bonds. The van der Waals surface area contributed by atoms with Crippen molar-refractivity contribution in [2.45, 2.75) is 25.0 Å². The summed E-state index contributed by atoms with van der Waals surface area (Å²) >= 11 is 0. The van der Waals surface area contributed by atoms with Gasteiger partial charge < -0.3 is 20.5 Å². The highest BCUT2D eigenvalue weighted by atomic mass is 35.5. The second kappa shape index (κ2) is 13.4. The second-order valence-corrected chi connectivity index (χ2v) is 4.58. The molecular weight excluding hydrogens is 337 g/mol. The van der Waals surface area contributed by atoms with Gasteiger partial charge in [-0.15, -0.1) is 37.2 Å². The molecule has 124 valence electrons. The Hall–Kier alpha value is -0.300. The Morgan fingerprint density at radius 1 is 1.24 bits per heavy atom. The number of hydrogen-bond donors (Lipinski definition) is 3. The van der Waals surface area contributed by atoms with Crippen LogP contribution in [-0.2, 0) is 0 Å². The molecule has 0 bridgehead atoms. The smallest absolute Gasteiger partial charge is 0.122 e. The first-order valence-corrected chi connectivity index (χ1v) is 6.49. The summed E-state index contributed by atoms with van der Waals surface area (Å²) in [4.78, 5) is 3.91. The molecule has 1 aromatic rings. The van der Waals surface area contributed by atoms with Gasteiger partial charge in [-0.05, 0) is 38.1 Å². The molecule has 2 heterocycles. The van der Waals surface area contributed by atoms with Gasteiger partial charge in [0, 0.05) is 25.0 Å². The van der Waals surface area contributed by atoms with Gasteiger partial charge in [0.25, 0.3) is 0 Å². The molecule has 1 aliphatic rings. The molecule has 0 saturated carbocycles. The average molecular weight is 361 g/mol. The number of rotatable bonds is 6. The largest absolute Gasteiger partial charge is 0.491 e. The van der Waals surface area contributed by atoms with Crippen molar-refractivity contribution in [3.8, 4) is 5.75 Å². The van der Waals surface area contributed by atoms with Gasteiger partial charge in [0.2, 0.25) is 0 Å². The molecule has 0 aromatic carbocycles. The van der Waals surface area contributed by atoms with E-state index >= 15 is 0 Å². The molecule has 0 radical (unpaired) electrons. The number of piperidine rings is 1. The van der Waals surface area contributed by atoms with Crippen molar-refractivity contribution in [3.05, 3.63) is 24.5 Å². The lowest BCUT2D eigenvalue weighted by molar-refractivity contribution is 0.102. The molecule has 1 aliphatic heterocycles. The van der Waals surface area contributed by atoms with E-state index in [4.69, 9.17) is 4.74 Å². The zero-order valence-corrected chi connectivity index (χ0v) is 14.2. The van der Waals surface area contributed by atoms with E-state index < -0.39 is 6.10 Å². The zero-order valence-electron chi connectivity index (χ0n) is 11.7. The van der Waals surface area contributed by atoms with Crippen molar-refractivity contribution in [1.82, 2.24) is 15.6 Å². The van der Waals surface area contributed by atoms with Gasteiger partial charge in [-0.1, -0.05) is 0 Å². The fourth-order valence-electron chi connectivity index (χ4n) is 2.01. The van der Waals surface area contributed by atoms with Crippen molar-refractivity contribution in [2.24, 2.45) is 0 Å². The highest BCUT2D eigenvalue weighted by Crippen LogP contribution is 2.07. The number of nitrogens with zero attached hydrogens (tertiary/aromatic N) is 1. The minimum absolute atomic E-state index is 0. The molecule has 21 heavy (non-hydrogen) atoms. The summed E-state index contributed by atoms with van der Waals surface area (Å²) in [5.41, 5.74) is 0. The molecule has 3 N–H and O–H groups in total. The monoisotopic (exact) mass is 359 g/mol. The molecule has 1 aromatic heterocycles. The van der Waals surface area contributed by atoms with E-state index in [1.165, 1.54) is 0 Å². The van der Waals surface area contributed by atoms with Crippen molar-refractivity contribution in [3.63, 3.8) is 0 Å². The lowest BCUT2D eigenvalue weighted by atomic mass is 10.1. The van der Waals surface area contributed by atoms with E-state index in [2.05, 4.69) is 15.6 Å². The molecular formula is C13H24Cl3N3O2. The third-order valence-electron chi connectivity index (χ3n) is 3.07. The predicted octanol–water partition coefficient (Wildman–Crippen LogP) is 1.43. The topological polar surface area (TPSA) is 66.4 Å². The quantitative estimate of drug-likeness (QED) is 0.716. The van der Waals surface area contributed by atoms with Crippen LogP contribution in [0.4, 0.5) is 0 Å². The number of hydrogen-bond acceptors (Lipinski definition) is 5. The number of halogens is 3. The van der Waals surface area contributed by atoms with Crippen molar-refractivity contribution in [2.75, 3.05) is 26.2 Å². The second-order valence-electron chi connectivity index (χ2n) is 4.58. The minimum atomic E-state index is -0.479. The summed E-state index contributed by atoms with van der Waals surface area (Å²) in [6.45, 7) is 3.00. The third kappa shape index (κ3) is 9.34. The molecule has 5 nitrogen and oxygen atoms in total. The highest BCUT2D eigenvalue weighted by Gasteiger charge is 2.14. The Balaban J connectivity index is 0. The van der Waals surface area contributed by atoms with Gasteiger partial charge >= 0.3 is 0 Å². The first-order valence-electron chi connectivity index (χ1n) is 6.49. The van der Waals surface area contributed by atoms with Crippen LogP contribution in [0.2, 0.25) is 0 Å². The molecule has 1 saturated heterocycles. The maximum absolute atomic E-state index is 9.82. The van der Waals surface area contributed by atoms with Crippen LogP contribution in [0.25, 0.3) is 0 Å². The standard InChI is InChI=1S/C13H21N3O2.3ClH/c17-12(9-16-11-1-5-14-6-2-11)10-18-13-3-7-15-8-4-13;;;/h3-4,7-8,11-12,14,16-17H,1-2,5-6,9-10H2;3*1H. The predicted molar refractivity (Wildman–Crippen MR) is 91.4 cm³/mol. The van der Waals surface area contributed by atoms with Gasteiger partial charge in [-0.2, -0.15) is 0 Å². The van der Waals surface area contributed by atoms with Crippen LogP contribution in [-0.4, -0.2) is 48.5 Å². The number of aliphatic hydroxyl groups is 1. The molecule has 2 rings (SSSR count). The van der Waals surface area contributed by atoms with Crippen LogP contribution in [0, 0.1) is 0 Å². The van der Waals surface area contributed by atoms with E-state index in [0.29, 0.717) is 19.2 Å². The summed E-state index contributed by atoms with van der Waals surface area (Å²) in [7, 11) is 0. The molecule has 1 unspecified atom stereocenters. The molecule has 1 fully saturated rings. The maximum Gasteiger partial charge on any atom is 0.122 e. The number of ether oxygens (including phenoxy) is 1. The Morgan fingerprint density at radius 3 is 2.48 bits per heavy atom. The lowest BCUT2D eigenvalue weighted by Gasteiger charge is -2.25. The fraction of sp³-hybridized carbons (Fsp3) is 0.615. The first kappa shape index (κ1) is 23.0. The van der Waals surface area contributed by atoms with E-state index in [1.54, 1.807) is 24.5 Å². The Labute approximate surface area is 144 Å². The number of nitrogens with one attached hydrogen (secondary N) is 2. The minimum Gasteiger partial charge on any atom is -0.491 e. The SMILES string of the molecule is Cl.Cl.Cl.OC(CNC1CCNCC1)COc1ccncc1. The Bertz CT molecular complexity index is 341. The van der Waals surface area contributed by atoms with E-state index in [1.807, 2.05) is 0 Å². The van der Waals surface area contributed by atoms with Crippen LogP contribution in [0.3, 0.4) is 0 Å². The normalized spacial score (nSPS) is 15.9. The van der Waals surface area contributed by atoms with Gasteiger partial charge in [0.05, 0.1) is 0 Å². The van der Waals surface area contributed by atoms with Crippen LogP contribution in [0.15, 0.2) is 24.5 Å². The van der Waals surface area contributed by atoms with Crippen molar-refractivity contribution in [1.29, 1.82) is 0 Å². The van der Waals surface area contributed by atoms with Crippen molar-refractivity contribution >= 4 is 37.2 Å². The van der Waals surface area contributed by atoms with Crippen molar-refractivity contribution < 1.29 is 9.84 Å². The number of aliphatic hydroxyl groups excluding tert-OH is 1. The number of pyridine rings is 1. The van der Waals surface area contributed by atoms with E-state index in [9.17, 15) is 5.11 Å². The summed E-state index contributed by atoms with van der Waals surface area (Å²) in [5.74, 6) is 0.742. The van der Waals surface area contributed by atoms with Gasteiger partial charge in [0.1, 0.15) is 18.5 Å². The summed E-state index contributed by atoms with van der Waals surface area (Å²) in [6.07, 6.45) is 5.12. The van der Waals surface area contributed by atoms with Crippen LogP contribution < -0.4 is 15.4 Å². The zero-order chi connectivity index (χ0) is 12.6. The lowest BCUT2D eigenvalue weighted by Crippen LogP contribution is -2.43. The molecule has 8 heteroatoms. The molecule has 0 aliphatic carbocycles. The Morgan fingerprint density at radius 2 is 1.86 bits per heavy atom. The van der Waals surface area contributed by atoms with Crippen LogP contribution in [0.1, 0.15) is 12.8 Å². The van der Waals surface area contributed by atoms with Crippen LogP contribution >= 0.6 is 37.2 Å². The third-order valence-corrected chi connectivity index (χ3v) is 3.07. The van der Waals surface area contributed by atoms with Gasteiger partial charge in [0.15, 0.2) is 0 Å². The summed E-state index contributed by atoms with van der Waals surface area (Å²) in [5, 5.41) is 16.5. The molecule has 1 atom stereocenters. The Kier molecular flexibility index (Phi) is 14.6. The summed E-state index contributed by atoms with van der Waals surface area (Å²) < 4.78 is 5.47. The van der Waals surface area contributed by atoms with E-state index in [-0.39, 0.29) is 37.2 Å². The molecule has 0 spiro atoms. The van der Waals surface area contributed by atoms with E-state index in [0.717, 1.165) is 31.7 Å². The fourth-order valence-corrected chi connectivity index (χ4v) is 2.01. The average Bonchev–Trinajstić information content (AvgIpc) is 2.45. The summed E-state index contributed by atoms with van der Waals surface area (Å²) in [6, 6.07) is 4.08. The highest BCUT2D eigenvalue weighted by molar-refractivity contribution is 5.86. The van der Waals surface area contributed by atoms with Gasteiger partial charge in [-0.3, -0.25) is 4.98 Å².